The maximum atomic E-state index is 12.7. The van der Waals surface area contributed by atoms with Crippen molar-refractivity contribution in [3.8, 4) is 0 Å². The molecule has 0 spiro atoms. The number of amides is 1. The number of ketones is 1. The summed E-state index contributed by atoms with van der Waals surface area (Å²) in [4.78, 5) is 36.3. The van der Waals surface area contributed by atoms with Gasteiger partial charge in [0.05, 0.1) is 0 Å². The molecule has 0 aliphatic heterocycles. The van der Waals surface area contributed by atoms with Crippen molar-refractivity contribution < 1.29 is 23.9 Å². The second kappa shape index (κ2) is 9.37. The summed E-state index contributed by atoms with van der Waals surface area (Å²) in [6, 6.07) is 11.3. The molecule has 0 saturated carbocycles. The number of Topliss-reactive ketones (excluding diaryl/α,β-unsaturated/α-hetero) is 1. The molecule has 6 nitrogen and oxygen atoms in total. The molecule has 1 atom stereocenters. The smallest absolute Gasteiger partial charge is 0.326 e. The van der Waals surface area contributed by atoms with Crippen LogP contribution in [0.2, 0.25) is 0 Å². The molecule has 0 saturated heterocycles. The van der Waals surface area contributed by atoms with Gasteiger partial charge in [0, 0.05) is 29.2 Å². The zero-order valence-electron chi connectivity index (χ0n) is 16.4. The summed E-state index contributed by atoms with van der Waals surface area (Å²) in [7, 11) is 0. The standard InChI is InChI=1S/C23H25NO5/c1-2-3-4-5-10-22(26)24-18(23(27)28)14-19(25)15-11-12-21-17(13-15)16-8-6-7-9-20(16)29-21/h6-9,11-13,18H,2-5,10,14H2,1H3,(H,24,26)(H,27,28). The summed E-state index contributed by atoms with van der Waals surface area (Å²) in [5, 5.41) is 13.6. The topological polar surface area (TPSA) is 96.6 Å². The SMILES string of the molecule is CCCCCCC(=O)NC(CC(=O)c1ccc2oc3ccccc3c2c1)C(=O)O. The van der Waals surface area contributed by atoms with Gasteiger partial charge in [-0.25, -0.2) is 4.79 Å². The van der Waals surface area contributed by atoms with Crippen LogP contribution in [0.25, 0.3) is 21.9 Å². The zero-order valence-corrected chi connectivity index (χ0v) is 16.4. The maximum absolute atomic E-state index is 12.7. The molecule has 0 radical (unpaired) electrons. The maximum Gasteiger partial charge on any atom is 0.326 e. The van der Waals surface area contributed by atoms with Crippen LogP contribution in [0.15, 0.2) is 46.9 Å². The predicted molar refractivity (Wildman–Crippen MR) is 111 cm³/mol. The van der Waals surface area contributed by atoms with E-state index in [1.807, 2.05) is 24.3 Å². The first-order valence-corrected chi connectivity index (χ1v) is 9.96. The lowest BCUT2D eigenvalue weighted by molar-refractivity contribution is -0.141. The molecule has 0 aliphatic rings. The van der Waals surface area contributed by atoms with E-state index in [9.17, 15) is 19.5 Å². The summed E-state index contributed by atoms with van der Waals surface area (Å²) < 4.78 is 5.75. The molecule has 2 N–H and O–H groups in total. The van der Waals surface area contributed by atoms with Crippen molar-refractivity contribution in [1.29, 1.82) is 0 Å². The highest BCUT2D eigenvalue weighted by atomic mass is 16.4. The summed E-state index contributed by atoms with van der Waals surface area (Å²) in [5.41, 5.74) is 1.79. The number of fused-ring (bicyclic) bond motifs is 3. The van der Waals surface area contributed by atoms with Crippen molar-refractivity contribution in [2.24, 2.45) is 0 Å². The molecular formula is C23H25NO5. The minimum Gasteiger partial charge on any atom is -0.480 e. The number of para-hydroxylation sites is 1. The number of unbranched alkanes of at least 4 members (excludes halogenated alkanes) is 3. The highest BCUT2D eigenvalue weighted by Crippen LogP contribution is 2.29. The Kier molecular flexibility index (Phi) is 6.65. The number of hydrogen-bond donors (Lipinski definition) is 2. The Morgan fingerprint density at radius 3 is 2.52 bits per heavy atom. The Hall–Kier alpha value is -3.15. The average Bonchev–Trinajstić information content (AvgIpc) is 3.08. The first-order chi connectivity index (χ1) is 14.0. The van der Waals surface area contributed by atoms with Crippen LogP contribution in [0.4, 0.5) is 0 Å². The van der Waals surface area contributed by atoms with E-state index < -0.39 is 12.0 Å². The first kappa shape index (κ1) is 20.6. The molecule has 1 unspecified atom stereocenters. The lowest BCUT2D eigenvalue weighted by atomic mass is 10.0. The number of carbonyl (C=O) groups is 3. The van der Waals surface area contributed by atoms with Crippen LogP contribution in [0, 0.1) is 0 Å². The molecule has 1 heterocycles. The fraction of sp³-hybridized carbons (Fsp3) is 0.348. The van der Waals surface area contributed by atoms with Crippen LogP contribution in [-0.4, -0.2) is 28.8 Å². The summed E-state index contributed by atoms with van der Waals surface area (Å²) in [6.45, 7) is 2.08. The molecule has 152 valence electrons. The Morgan fingerprint density at radius 2 is 1.76 bits per heavy atom. The van der Waals surface area contributed by atoms with Crippen LogP contribution in [0.3, 0.4) is 0 Å². The second-order valence-corrected chi connectivity index (χ2v) is 7.21. The number of carboxylic acid groups (broad SMARTS) is 1. The van der Waals surface area contributed by atoms with Gasteiger partial charge in [-0.1, -0.05) is 44.4 Å². The molecule has 0 bridgehead atoms. The van der Waals surface area contributed by atoms with E-state index >= 15 is 0 Å². The highest BCUT2D eigenvalue weighted by Gasteiger charge is 2.24. The van der Waals surface area contributed by atoms with E-state index in [-0.39, 0.29) is 24.5 Å². The Morgan fingerprint density at radius 1 is 1.00 bits per heavy atom. The third-order valence-electron chi connectivity index (χ3n) is 4.98. The molecule has 6 heteroatoms. The zero-order chi connectivity index (χ0) is 20.8. The van der Waals surface area contributed by atoms with Gasteiger partial charge in [-0.05, 0) is 30.7 Å². The number of benzene rings is 2. The van der Waals surface area contributed by atoms with Gasteiger partial charge in [0.2, 0.25) is 5.91 Å². The second-order valence-electron chi connectivity index (χ2n) is 7.21. The number of furan rings is 1. The number of nitrogens with one attached hydrogen (secondary N) is 1. The lowest BCUT2D eigenvalue weighted by Crippen LogP contribution is -2.42. The van der Waals surface area contributed by atoms with Gasteiger partial charge in [-0.2, -0.15) is 0 Å². The van der Waals surface area contributed by atoms with Gasteiger partial charge in [-0.15, -0.1) is 0 Å². The van der Waals surface area contributed by atoms with Crippen LogP contribution in [0.5, 0.6) is 0 Å². The fourth-order valence-corrected chi connectivity index (χ4v) is 3.38. The molecule has 0 aliphatic carbocycles. The molecule has 29 heavy (non-hydrogen) atoms. The Balaban J connectivity index is 1.70. The molecule has 2 aromatic carbocycles. The van der Waals surface area contributed by atoms with Crippen molar-refractivity contribution in [3.05, 3.63) is 48.0 Å². The van der Waals surface area contributed by atoms with E-state index in [4.69, 9.17) is 4.42 Å². The molecular weight excluding hydrogens is 370 g/mol. The first-order valence-electron chi connectivity index (χ1n) is 9.96. The molecule has 3 rings (SSSR count). The third kappa shape index (κ3) is 5.02. The summed E-state index contributed by atoms with van der Waals surface area (Å²) in [5.74, 6) is -1.89. The van der Waals surface area contributed by atoms with Gasteiger partial charge in [0.1, 0.15) is 17.2 Å². The van der Waals surface area contributed by atoms with Gasteiger partial charge < -0.3 is 14.8 Å². The largest absolute Gasteiger partial charge is 0.480 e. The van der Waals surface area contributed by atoms with Crippen LogP contribution in [-0.2, 0) is 9.59 Å². The minimum absolute atomic E-state index is 0.269. The summed E-state index contributed by atoms with van der Waals surface area (Å²) >= 11 is 0. The lowest BCUT2D eigenvalue weighted by Gasteiger charge is -2.14. The van der Waals surface area contributed by atoms with Gasteiger partial charge >= 0.3 is 5.97 Å². The van der Waals surface area contributed by atoms with E-state index in [1.165, 1.54) is 0 Å². The van der Waals surface area contributed by atoms with Gasteiger partial charge in [0.15, 0.2) is 5.78 Å². The fourth-order valence-electron chi connectivity index (χ4n) is 3.38. The van der Waals surface area contributed by atoms with E-state index in [1.54, 1.807) is 18.2 Å². The summed E-state index contributed by atoms with van der Waals surface area (Å²) in [6.07, 6.45) is 3.72. The number of hydrogen-bond acceptors (Lipinski definition) is 4. The van der Waals surface area contributed by atoms with E-state index in [0.717, 1.165) is 35.6 Å². The van der Waals surface area contributed by atoms with E-state index in [2.05, 4.69) is 12.2 Å². The van der Waals surface area contributed by atoms with Crippen molar-refractivity contribution in [1.82, 2.24) is 5.32 Å². The molecule has 1 aromatic heterocycles. The van der Waals surface area contributed by atoms with Crippen LogP contribution >= 0.6 is 0 Å². The Bertz CT molecular complexity index is 1040. The van der Waals surface area contributed by atoms with Crippen LogP contribution < -0.4 is 5.32 Å². The molecule has 3 aromatic rings. The van der Waals surface area contributed by atoms with Crippen molar-refractivity contribution in [2.75, 3.05) is 0 Å². The van der Waals surface area contributed by atoms with E-state index in [0.29, 0.717) is 17.6 Å². The van der Waals surface area contributed by atoms with Crippen molar-refractivity contribution in [2.45, 2.75) is 51.5 Å². The normalized spacial score (nSPS) is 12.2. The third-order valence-corrected chi connectivity index (χ3v) is 4.98. The highest BCUT2D eigenvalue weighted by molar-refractivity contribution is 6.09. The average molecular weight is 395 g/mol. The number of rotatable bonds is 10. The monoisotopic (exact) mass is 395 g/mol. The number of carboxylic acids is 1. The Labute approximate surface area is 168 Å². The van der Waals surface area contributed by atoms with Gasteiger partial charge in [-0.3, -0.25) is 9.59 Å². The van der Waals surface area contributed by atoms with Crippen molar-refractivity contribution in [3.63, 3.8) is 0 Å². The minimum atomic E-state index is -1.24. The van der Waals surface area contributed by atoms with Crippen LogP contribution in [0.1, 0.15) is 55.8 Å². The molecule has 0 fully saturated rings. The number of aliphatic carboxylic acids is 1. The van der Waals surface area contributed by atoms with Crippen molar-refractivity contribution >= 4 is 39.6 Å². The van der Waals surface area contributed by atoms with Gasteiger partial charge in [0.25, 0.3) is 0 Å². The predicted octanol–water partition coefficient (Wildman–Crippen LogP) is 4.70. The quantitative estimate of drug-likeness (QED) is 0.383. The number of carbonyl (C=O) groups excluding carboxylic acids is 2. The molecule has 1 amide bonds.